The molecule has 102 valence electrons. The lowest BCUT2D eigenvalue weighted by Crippen LogP contribution is -2.19. The van der Waals surface area contributed by atoms with E-state index in [0.717, 1.165) is 12.2 Å². The monoisotopic (exact) mass is 249 g/mol. The van der Waals surface area contributed by atoms with Crippen LogP contribution in [0, 0.1) is 12.3 Å². The van der Waals surface area contributed by atoms with Gasteiger partial charge in [-0.15, -0.1) is 0 Å². The predicted molar refractivity (Wildman–Crippen MR) is 78.2 cm³/mol. The molecule has 0 aliphatic heterocycles. The third kappa shape index (κ3) is 4.34. The van der Waals surface area contributed by atoms with E-state index in [9.17, 15) is 0 Å². The van der Waals surface area contributed by atoms with Crippen LogP contribution in [0.1, 0.15) is 50.8 Å². The summed E-state index contributed by atoms with van der Waals surface area (Å²) in [6.07, 6.45) is 2.31. The first-order valence-electron chi connectivity index (χ1n) is 6.69. The molecule has 18 heavy (non-hydrogen) atoms. The summed E-state index contributed by atoms with van der Waals surface area (Å²) in [7, 11) is 3.77. The molecule has 0 heterocycles. The molecule has 1 N–H and O–H groups in total. The molecule has 0 bridgehead atoms. The lowest BCUT2D eigenvalue weighted by molar-refractivity contribution is 0.332. The first kappa shape index (κ1) is 15.0. The SMILES string of the molecule is CNC(CCC(C)(C)C)c1ccc(C)cc1OC. The Labute approximate surface area is 112 Å². The Hall–Kier alpha value is -1.02. The molecular weight excluding hydrogens is 222 g/mol. The van der Waals surface area contributed by atoms with Gasteiger partial charge in [-0.25, -0.2) is 0 Å². The minimum absolute atomic E-state index is 0.361. The topological polar surface area (TPSA) is 21.3 Å². The first-order valence-corrected chi connectivity index (χ1v) is 6.69. The van der Waals surface area contributed by atoms with Gasteiger partial charge in [-0.2, -0.15) is 0 Å². The van der Waals surface area contributed by atoms with Gasteiger partial charge in [-0.05, 0) is 43.9 Å². The van der Waals surface area contributed by atoms with Crippen LogP contribution in [0.5, 0.6) is 5.75 Å². The number of methoxy groups -OCH3 is 1. The molecule has 2 nitrogen and oxygen atoms in total. The minimum Gasteiger partial charge on any atom is -0.496 e. The van der Waals surface area contributed by atoms with Gasteiger partial charge in [0.05, 0.1) is 7.11 Å². The molecule has 0 fully saturated rings. The second-order valence-electron chi connectivity index (χ2n) is 6.19. The molecule has 0 saturated heterocycles. The van der Waals surface area contributed by atoms with Gasteiger partial charge in [-0.1, -0.05) is 32.9 Å². The lowest BCUT2D eigenvalue weighted by Gasteiger charge is -2.24. The summed E-state index contributed by atoms with van der Waals surface area (Å²) in [5.41, 5.74) is 2.86. The zero-order valence-corrected chi connectivity index (χ0v) is 12.6. The van der Waals surface area contributed by atoms with Gasteiger partial charge in [0.25, 0.3) is 0 Å². The predicted octanol–water partition coefficient (Wildman–Crippen LogP) is 4.09. The Bertz CT molecular complexity index is 379. The second kappa shape index (κ2) is 6.24. The average Bonchev–Trinajstić information content (AvgIpc) is 2.29. The molecule has 1 aromatic carbocycles. The summed E-state index contributed by atoms with van der Waals surface area (Å²) in [5.74, 6) is 0.989. The second-order valence-corrected chi connectivity index (χ2v) is 6.19. The summed E-state index contributed by atoms with van der Waals surface area (Å²) >= 11 is 0. The lowest BCUT2D eigenvalue weighted by atomic mass is 9.87. The van der Waals surface area contributed by atoms with Crippen molar-refractivity contribution in [1.29, 1.82) is 0 Å². The fraction of sp³-hybridized carbons (Fsp3) is 0.625. The van der Waals surface area contributed by atoms with E-state index < -0.39 is 0 Å². The van der Waals surface area contributed by atoms with Crippen LogP contribution in [0.15, 0.2) is 18.2 Å². The maximum absolute atomic E-state index is 5.50. The van der Waals surface area contributed by atoms with E-state index in [0.29, 0.717) is 11.5 Å². The highest BCUT2D eigenvalue weighted by atomic mass is 16.5. The van der Waals surface area contributed by atoms with Crippen molar-refractivity contribution in [2.75, 3.05) is 14.2 Å². The Morgan fingerprint density at radius 2 is 1.94 bits per heavy atom. The van der Waals surface area contributed by atoms with Crippen LogP contribution in [0.4, 0.5) is 0 Å². The number of ether oxygens (including phenoxy) is 1. The number of benzene rings is 1. The van der Waals surface area contributed by atoms with E-state index in [4.69, 9.17) is 4.74 Å². The van der Waals surface area contributed by atoms with Gasteiger partial charge in [-0.3, -0.25) is 0 Å². The molecule has 0 aromatic heterocycles. The van der Waals surface area contributed by atoms with Crippen molar-refractivity contribution in [1.82, 2.24) is 5.32 Å². The Morgan fingerprint density at radius 1 is 1.28 bits per heavy atom. The summed E-state index contributed by atoms with van der Waals surface area (Å²) < 4.78 is 5.50. The summed E-state index contributed by atoms with van der Waals surface area (Å²) in [6.45, 7) is 8.94. The van der Waals surface area contributed by atoms with E-state index in [1.807, 2.05) is 7.05 Å². The van der Waals surface area contributed by atoms with Gasteiger partial charge in [0.1, 0.15) is 5.75 Å². The Kier molecular flexibility index (Phi) is 5.21. The van der Waals surface area contributed by atoms with Crippen molar-refractivity contribution in [2.24, 2.45) is 5.41 Å². The molecule has 2 heteroatoms. The number of rotatable bonds is 5. The summed E-state index contributed by atoms with van der Waals surface area (Å²) in [4.78, 5) is 0. The van der Waals surface area contributed by atoms with Crippen LogP contribution in [-0.2, 0) is 0 Å². The van der Waals surface area contributed by atoms with E-state index in [2.05, 4.69) is 51.2 Å². The molecule has 1 atom stereocenters. The molecule has 0 aliphatic carbocycles. The highest BCUT2D eigenvalue weighted by Crippen LogP contribution is 2.32. The maximum Gasteiger partial charge on any atom is 0.123 e. The minimum atomic E-state index is 0.361. The van der Waals surface area contributed by atoms with Gasteiger partial charge < -0.3 is 10.1 Å². The first-order chi connectivity index (χ1) is 8.37. The summed E-state index contributed by atoms with van der Waals surface area (Å²) in [6, 6.07) is 6.80. The molecule has 0 aliphatic rings. The normalized spacial score (nSPS) is 13.4. The van der Waals surface area contributed by atoms with E-state index >= 15 is 0 Å². The fourth-order valence-electron chi connectivity index (χ4n) is 2.14. The van der Waals surface area contributed by atoms with Crippen LogP contribution < -0.4 is 10.1 Å². The van der Waals surface area contributed by atoms with Crippen LogP contribution in [0.2, 0.25) is 0 Å². The number of aryl methyl sites for hydroxylation is 1. The van der Waals surface area contributed by atoms with Crippen molar-refractivity contribution in [2.45, 2.75) is 46.6 Å². The van der Waals surface area contributed by atoms with Gasteiger partial charge in [0.15, 0.2) is 0 Å². The molecule has 1 unspecified atom stereocenters. The van der Waals surface area contributed by atoms with Crippen molar-refractivity contribution in [3.63, 3.8) is 0 Å². The largest absolute Gasteiger partial charge is 0.496 e. The highest BCUT2D eigenvalue weighted by molar-refractivity contribution is 5.39. The van der Waals surface area contributed by atoms with Crippen molar-refractivity contribution in [3.05, 3.63) is 29.3 Å². The number of hydrogen-bond acceptors (Lipinski definition) is 2. The Morgan fingerprint density at radius 3 is 2.44 bits per heavy atom. The highest BCUT2D eigenvalue weighted by Gasteiger charge is 2.18. The average molecular weight is 249 g/mol. The van der Waals surface area contributed by atoms with Crippen LogP contribution in [0.3, 0.4) is 0 Å². The number of nitrogens with one attached hydrogen (secondary N) is 1. The fourth-order valence-corrected chi connectivity index (χ4v) is 2.14. The Balaban J connectivity index is 2.88. The zero-order chi connectivity index (χ0) is 13.8. The third-order valence-corrected chi connectivity index (χ3v) is 3.30. The smallest absolute Gasteiger partial charge is 0.123 e. The molecule has 1 aromatic rings. The molecular formula is C16H27NO. The molecule has 0 amide bonds. The molecule has 1 rings (SSSR count). The van der Waals surface area contributed by atoms with Gasteiger partial charge in [0, 0.05) is 11.6 Å². The number of hydrogen-bond donors (Lipinski definition) is 1. The maximum atomic E-state index is 5.50. The molecule has 0 spiro atoms. The van der Waals surface area contributed by atoms with Gasteiger partial charge >= 0.3 is 0 Å². The quantitative estimate of drug-likeness (QED) is 0.848. The van der Waals surface area contributed by atoms with Crippen LogP contribution in [0.25, 0.3) is 0 Å². The van der Waals surface area contributed by atoms with Crippen molar-refractivity contribution in [3.8, 4) is 5.75 Å². The van der Waals surface area contributed by atoms with E-state index in [1.54, 1.807) is 7.11 Å². The summed E-state index contributed by atoms with van der Waals surface area (Å²) in [5, 5.41) is 3.41. The van der Waals surface area contributed by atoms with Gasteiger partial charge in [0.2, 0.25) is 0 Å². The van der Waals surface area contributed by atoms with Crippen molar-refractivity contribution >= 4 is 0 Å². The van der Waals surface area contributed by atoms with Crippen molar-refractivity contribution < 1.29 is 4.74 Å². The van der Waals surface area contributed by atoms with E-state index in [-0.39, 0.29) is 0 Å². The molecule has 0 radical (unpaired) electrons. The standard InChI is InChI=1S/C16H27NO/c1-12-7-8-13(15(11-12)18-6)14(17-5)9-10-16(2,3)4/h7-8,11,14,17H,9-10H2,1-6H3. The van der Waals surface area contributed by atoms with E-state index in [1.165, 1.54) is 17.5 Å². The van der Waals surface area contributed by atoms with Crippen LogP contribution in [-0.4, -0.2) is 14.2 Å². The van der Waals surface area contributed by atoms with Crippen LogP contribution >= 0.6 is 0 Å². The molecule has 0 saturated carbocycles. The third-order valence-electron chi connectivity index (χ3n) is 3.30. The zero-order valence-electron chi connectivity index (χ0n) is 12.6.